The van der Waals surface area contributed by atoms with Gasteiger partial charge in [0.15, 0.2) is 0 Å². The minimum absolute atomic E-state index is 0.0848. The Kier molecular flexibility index (Phi) is 4.50. The molecule has 7 heteroatoms. The van der Waals surface area contributed by atoms with E-state index in [0.29, 0.717) is 31.6 Å². The van der Waals surface area contributed by atoms with E-state index in [2.05, 4.69) is 10.4 Å². The highest BCUT2D eigenvalue weighted by molar-refractivity contribution is 6.39. The zero-order valence-electron chi connectivity index (χ0n) is 16.6. The molecule has 0 spiro atoms. The van der Waals surface area contributed by atoms with Gasteiger partial charge in [0.25, 0.3) is 5.91 Å². The maximum atomic E-state index is 12.8. The van der Waals surface area contributed by atoms with Gasteiger partial charge in [0.2, 0.25) is 5.91 Å². The molecule has 0 radical (unpaired) electrons. The number of hydrazone groups is 1. The Morgan fingerprint density at radius 2 is 2.03 bits per heavy atom. The number of nitrogens with zero attached hydrogens (tertiary/aromatic N) is 2. The standard InChI is InChI=1S/C23H21N3O4/c1-26-22(27)9-7-18(25-26)23(28)24-17-10-11-29-20-8-6-15(12-16(17)20)21-13-14-4-2-3-5-19(14)30-21/h2-6,8,12-13,17H,7,9-11H2,1H3,(H,24,28). The molecule has 2 aromatic carbocycles. The van der Waals surface area contributed by atoms with Crippen LogP contribution in [0.5, 0.6) is 5.75 Å². The number of hydrogen-bond acceptors (Lipinski definition) is 5. The molecule has 152 valence electrons. The normalized spacial score (nSPS) is 18.6. The monoisotopic (exact) mass is 403 g/mol. The van der Waals surface area contributed by atoms with E-state index < -0.39 is 0 Å². The highest BCUT2D eigenvalue weighted by Crippen LogP contribution is 2.37. The number of fused-ring (bicyclic) bond motifs is 2. The third-order valence-electron chi connectivity index (χ3n) is 5.53. The number of ether oxygens (including phenoxy) is 1. The van der Waals surface area contributed by atoms with Gasteiger partial charge in [-0.25, -0.2) is 5.01 Å². The zero-order valence-corrected chi connectivity index (χ0v) is 16.6. The second kappa shape index (κ2) is 7.33. The molecule has 1 aromatic heterocycles. The molecule has 0 saturated carbocycles. The molecule has 7 nitrogen and oxygen atoms in total. The summed E-state index contributed by atoms with van der Waals surface area (Å²) < 4.78 is 11.8. The molecule has 0 aliphatic carbocycles. The number of furan rings is 1. The number of carbonyl (C=O) groups excluding carboxylic acids is 2. The number of hydrogen-bond donors (Lipinski definition) is 1. The third-order valence-corrected chi connectivity index (χ3v) is 5.53. The number of para-hydroxylation sites is 1. The van der Waals surface area contributed by atoms with Crippen LogP contribution in [-0.4, -0.2) is 36.2 Å². The van der Waals surface area contributed by atoms with Crippen LogP contribution in [0.25, 0.3) is 22.3 Å². The van der Waals surface area contributed by atoms with Crippen molar-refractivity contribution in [2.45, 2.75) is 25.3 Å². The predicted octanol–water partition coefficient (Wildman–Crippen LogP) is 3.65. The Hall–Kier alpha value is -3.61. The molecule has 1 N–H and O–H groups in total. The quantitative estimate of drug-likeness (QED) is 0.724. The molecule has 0 fully saturated rings. The first-order valence-corrected chi connectivity index (χ1v) is 9.99. The van der Waals surface area contributed by atoms with Gasteiger partial charge in [-0.2, -0.15) is 5.10 Å². The van der Waals surface area contributed by atoms with Crippen LogP contribution in [0.15, 0.2) is 58.0 Å². The van der Waals surface area contributed by atoms with Crippen molar-refractivity contribution in [1.29, 1.82) is 0 Å². The van der Waals surface area contributed by atoms with Crippen LogP contribution in [0.2, 0.25) is 0 Å². The first kappa shape index (κ1) is 18.4. The fourth-order valence-electron chi connectivity index (χ4n) is 3.90. The molecule has 3 heterocycles. The largest absolute Gasteiger partial charge is 0.493 e. The number of nitrogens with one attached hydrogen (secondary N) is 1. The molecule has 1 unspecified atom stereocenters. The summed E-state index contributed by atoms with van der Waals surface area (Å²) in [5.74, 6) is 1.19. The van der Waals surface area contributed by atoms with Crippen molar-refractivity contribution >= 4 is 28.5 Å². The Balaban J connectivity index is 1.43. The highest BCUT2D eigenvalue weighted by atomic mass is 16.5. The third kappa shape index (κ3) is 3.32. The predicted molar refractivity (Wildman–Crippen MR) is 112 cm³/mol. The van der Waals surface area contributed by atoms with Crippen LogP contribution in [0.3, 0.4) is 0 Å². The van der Waals surface area contributed by atoms with E-state index in [1.807, 2.05) is 48.5 Å². The van der Waals surface area contributed by atoms with Crippen molar-refractivity contribution in [3.05, 3.63) is 54.1 Å². The van der Waals surface area contributed by atoms with E-state index in [9.17, 15) is 9.59 Å². The summed E-state index contributed by atoms with van der Waals surface area (Å²) in [5.41, 5.74) is 3.04. The summed E-state index contributed by atoms with van der Waals surface area (Å²) in [6, 6.07) is 15.6. The van der Waals surface area contributed by atoms with Gasteiger partial charge >= 0.3 is 0 Å². The van der Waals surface area contributed by atoms with Gasteiger partial charge in [0.1, 0.15) is 22.8 Å². The van der Waals surface area contributed by atoms with Crippen LogP contribution >= 0.6 is 0 Å². The van der Waals surface area contributed by atoms with Gasteiger partial charge < -0.3 is 14.5 Å². The lowest BCUT2D eigenvalue weighted by Crippen LogP contribution is -2.40. The molecule has 2 aliphatic rings. The van der Waals surface area contributed by atoms with Crippen molar-refractivity contribution in [2.24, 2.45) is 5.10 Å². The molecular weight excluding hydrogens is 382 g/mol. The number of amides is 2. The van der Waals surface area contributed by atoms with Gasteiger partial charge in [0.05, 0.1) is 12.6 Å². The fraction of sp³-hybridized carbons (Fsp3) is 0.261. The highest BCUT2D eigenvalue weighted by Gasteiger charge is 2.28. The number of rotatable bonds is 3. The van der Waals surface area contributed by atoms with Gasteiger partial charge in [-0.05, 0) is 30.3 Å². The molecule has 2 aliphatic heterocycles. The van der Waals surface area contributed by atoms with Gasteiger partial charge in [-0.1, -0.05) is 18.2 Å². The Morgan fingerprint density at radius 1 is 1.17 bits per heavy atom. The molecular formula is C23H21N3O4. The first-order chi connectivity index (χ1) is 14.6. The van der Waals surface area contributed by atoms with Gasteiger partial charge in [0, 0.05) is 42.8 Å². The summed E-state index contributed by atoms with van der Waals surface area (Å²) in [5, 5.41) is 9.46. The number of benzene rings is 2. The van der Waals surface area contributed by atoms with E-state index >= 15 is 0 Å². The molecule has 3 aromatic rings. The summed E-state index contributed by atoms with van der Waals surface area (Å²) in [7, 11) is 1.57. The second-order valence-corrected chi connectivity index (χ2v) is 7.53. The molecule has 0 saturated heterocycles. The van der Waals surface area contributed by atoms with Crippen LogP contribution in [-0.2, 0) is 9.59 Å². The SMILES string of the molecule is CN1N=C(C(=O)NC2CCOc3ccc(-c4cc5ccccc5o4)cc32)CCC1=O. The topological polar surface area (TPSA) is 84.1 Å². The summed E-state index contributed by atoms with van der Waals surface area (Å²) >= 11 is 0. The van der Waals surface area contributed by atoms with E-state index in [4.69, 9.17) is 9.15 Å². The van der Waals surface area contributed by atoms with Gasteiger partial charge in [-0.15, -0.1) is 0 Å². The van der Waals surface area contributed by atoms with E-state index in [0.717, 1.165) is 33.6 Å². The van der Waals surface area contributed by atoms with Crippen LogP contribution in [0.1, 0.15) is 30.9 Å². The lowest BCUT2D eigenvalue weighted by molar-refractivity contribution is -0.130. The fourth-order valence-corrected chi connectivity index (χ4v) is 3.90. The maximum absolute atomic E-state index is 12.8. The van der Waals surface area contributed by atoms with E-state index in [-0.39, 0.29) is 17.9 Å². The minimum atomic E-state index is -0.249. The minimum Gasteiger partial charge on any atom is -0.493 e. The molecule has 0 bridgehead atoms. The lowest BCUT2D eigenvalue weighted by Gasteiger charge is -2.28. The summed E-state index contributed by atoms with van der Waals surface area (Å²) in [4.78, 5) is 24.4. The van der Waals surface area contributed by atoms with Crippen LogP contribution < -0.4 is 10.1 Å². The van der Waals surface area contributed by atoms with Crippen molar-refractivity contribution in [2.75, 3.05) is 13.7 Å². The second-order valence-electron chi connectivity index (χ2n) is 7.53. The van der Waals surface area contributed by atoms with Gasteiger partial charge in [-0.3, -0.25) is 9.59 Å². The molecule has 5 rings (SSSR count). The molecule has 30 heavy (non-hydrogen) atoms. The van der Waals surface area contributed by atoms with Crippen molar-refractivity contribution in [1.82, 2.24) is 10.3 Å². The van der Waals surface area contributed by atoms with Crippen LogP contribution in [0, 0.1) is 0 Å². The van der Waals surface area contributed by atoms with Crippen molar-refractivity contribution < 1.29 is 18.7 Å². The first-order valence-electron chi connectivity index (χ1n) is 9.99. The molecule has 1 atom stereocenters. The van der Waals surface area contributed by atoms with E-state index in [1.54, 1.807) is 7.05 Å². The Labute approximate surface area is 173 Å². The van der Waals surface area contributed by atoms with Crippen LogP contribution in [0.4, 0.5) is 0 Å². The van der Waals surface area contributed by atoms with E-state index in [1.165, 1.54) is 5.01 Å². The average Bonchev–Trinajstić information content (AvgIpc) is 3.20. The van der Waals surface area contributed by atoms with Crippen molar-refractivity contribution in [3.8, 4) is 17.1 Å². The number of carbonyl (C=O) groups is 2. The Morgan fingerprint density at radius 3 is 2.87 bits per heavy atom. The summed E-state index contributed by atoms with van der Waals surface area (Å²) in [6.07, 6.45) is 1.30. The molecule has 2 amide bonds. The average molecular weight is 403 g/mol. The zero-order chi connectivity index (χ0) is 20.7. The Bertz CT molecular complexity index is 1150. The van der Waals surface area contributed by atoms with Crippen molar-refractivity contribution in [3.63, 3.8) is 0 Å². The summed E-state index contributed by atoms with van der Waals surface area (Å²) in [6.45, 7) is 0.521. The smallest absolute Gasteiger partial charge is 0.267 e. The lowest BCUT2D eigenvalue weighted by atomic mass is 9.97. The maximum Gasteiger partial charge on any atom is 0.267 e.